The van der Waals surface area contributed by atoms with Crippen LogP contribution in [0.5, 0.6) is 5.75 Å². The Kier molecular flexibility index (Phi) is 3.77. The zero-order chi connectivity index (χ0) is 9.68. The van der Waals surface area contributed by atoms with Crippen LogP contribution in [0.25, 0.3) is 0 Å². The van der Waals surface area contributed by atoms with Crippen molar-refractivity contribution in [3.8, 4) is 5.75 Å². The molecule has 0 bridgehead atoms. The van der Waals surface area contributed by atoms with Gasteiger partial charge in [-0.1, -0.05) is 18.2 Å². The van der Waals surface area contributed by atoms with Crippen molar-refractivity contribution in [2.24, 2.45) is 0 Å². The molecular formula is C11H17NO. The average Bonchev–Trinajstić information content (AvgIpc) is 2.18. The minimum atomic E-state index is 0.336. The van der Waals surface area contributed by atoms with E-state index in [1.807, 2.05) is 32.2 Å². The Morgan fingerprint density at radius 3 is 2.69 bits per heavy atom. The lowest BCUT2D eigenvalue weighted by atomic mass is 10.1. The van der Waals surface area contributed by atoms with E-state index in [-0.39, 0.29) is 0 Å². The van der Waals surface area contributed by atoms with Crippen LogP contribution in [0.3, 0.4) is 0 Å². The fourth-order valence-electron chi connectivity index (χ4n) is 1.28. The first kappa shape index (κ1) is 10.1. The summed E-state index contributed by atoms with van der Waals surface area (Å²) in [5, 5.41) is 3.20. The van der Waals surface area contributed by atoms with E-state index in [2.05, 4.69) is 18.3 Å². The maximum Gasteiger partial charge on any atom is 0.124 e. The molecule has 2 nitrogen and oxygen atoms in total. The molecule has 0 radical (unpaired) electrons. The van der Waals surface area contributed by atoms with Gasteiger partial charge in [-0.3, -0.25) is 0 Å². The first-order chi connectivity index (χ1) is 6.29. The zero-order valence-corrected chi connectivity index (χ0v) is 8.50. The van der Waals surface area contributed by atoms with Crippen LogP contribution < -0.4 is 10.1 Å². The van der Waals surface area contributed by atoms with Crippen LogP contribution >= 0.6 is 0 Å². The van der Waals surface area contributed by atoms with E-state index in [1.165, 1.54) is 5.56 Å². The standard InChI is InChI=1S/C11H17NO/c1-4-13-11-8-6-5-7-10(11)9(2)12-3/h5-9,12H,4H2,1-3H3/t9-/m1/s1. The smallest absolute Gasteiger partial charge is 0.124 e. The van der Waals surface area contributed by atoms with Gasteiger partial charge in [-0.25, -0.2) is 0 Å². The lowest BCUT2D eigenvalue weighted by molar-refractivity contribution is 0.333. The summed E-state index contributed by atoms with van der Waals surface area (Å²) in [6.07, 6.45) is 0. The van der Waals surface area contributed by atoms with Crippen molar-refractivity contribution in [1.29, 1.82) is 0 Å². The zero-order valence-electron chi connectivity index (χ0n) is 8.50. The molecule has 0 fully saturated rings. The highest BCUT2D eigenvalue weighted by Gasteiger charge is 2.07. The lowest BCUT2D eigenvalue weighted by Crippen LogP contribution is -2.13. The lowest BCUT2D eigenvalue weighted by Gasteiger charge is -2.15. The Labute approximate surface area is 79.9 Å². The van der Waals surface area contributed by atoms with Crippen molar-refractivity contribution < 1.29 is 4.74 Å². The molecule has 0 aliphatic rings. The highest BCUT2D eigenvalue weighted by Crippen LogP contribution is 2.24. The fraction of sp³-hybridized carbons (Fsp3) is 0.455. The number of ether oxygens (including phenoxy) is 1. The van der Waals surface area contributed by atoms with Crippen LogP contribution in [0, 0.1) is 0 Å². The first-order valence-corrected chi connectivity index (χ1v) is 4.68. The summed E-state index contributed by atoms with van der Waals surface area (Å²) in [7, 11) is 1.95. The predicted molar refractivity (Wildman–Crippen MR) is 55.1 cm³/mol. The predicted octanol–water partition coefficient (Wildman–Crippen LogP) is 2.37. The van der Waals surface area contributed by atoms with Crippen molar-refractivity contribution in [3.63, 3.8) is 0 Å². The van der Waals surface area contributed by atoms with Crippen LogP contribution in [0.2, 0.25) is 0 Å². The van der Waals surface area contributed by atoms with E-state index >= 15 is 0 Å². The summed E-state index contributed by atoms with van der Waals surface area (Å²) < 4.78 is 5.52. The van der Waals surface area contributed by atoms with Gasteiger partial charge in [0.05, 0.1) is 6.61 Å². The van der Waals surface area contributed by atoms with Gasteiger partial charge >= 0.3 is 0 Å². The molecule has 2 heteroatoms. The molecule has 0 spiro atoms. The molecule has 13 heavy (non-hydrogen) atoms. The summed E-state index contributed by atoms with van der Waals surface area (Å²) in [6, 6.07) is 8.46. The minimum Gasteiger partial charge on any atom is -0.494 e. The minimum absolute atomic E-state index is 0.336. The second kappa shape index (κ2) is 4.87. The van der Waals surface area contributed by atoms with Crippen molar-refractivity contribution in [1.82, 2.24) is 5.32 Å². The second-order valence-electron chi connectivity index (χ2n) is 2.98. The summed E-state index contributed by atoms with van der Waals surface area (Å²) in [5.41, 5.74) is 1.21. The number of rotatable bonds is 4. The van der Waals surface area contributed by atoms with Gasteiger partial charge in [0.15, 0.2) is 0 Å². The second-order valence-corrected chi connectivity index (χ2v) is 2.98. The third-order valence-electron chi connectivity index (χ3n) is 2.12. The van der Waals surface area contributed by atoms with Crippen LogP contribution in [0.15, 0.2) is 24.3 Å². The molecule has 0 aromatic heterocycles. The quantitative estimate of drug-likeness (QED) is 0.766. The molecule has 0 heterocycles. The van der Waals surface area contributed by atoms with Gasteiger partial charge in [-0.15, -0.1) is 0 Å². The molecule has 1 aromatic carbocycles. The number of nitrogens with one attached hydrogen (secondary N) is 1. The van der Waals surface area contributed by atoms with E-state index in [4.69, 9.17) is 4.74 Å². The first-order valence-electron chi connectivity index (χ1n) is 4.68. The summed E-state index contributed by atoms with van der Waals surface area (Å²) >= 11 is 0. The maximum atomic E-state index is 5.52. The van der Waals surface area contributed by atoms with Crippen molar-refractivity contribution in [2.45, 2.75) is 19.9 Å². The third-order valence-corrected chi connectivity index (χ3v) is 2.12. The molecule has 72 valence electrons. The van der Waals surface area contributed by atoms with Gasteiger partial charge in [-0.2, -0.15) is 0 Å². The molecule has 0 saturated carbocycles. The van der Waals surface area contributed by atoms with Crippen LogP contribution in [0.1, 0.15) is 25.5 Å². The molecule has 1 N–H and O–H groups in total. The molecule has 0 amide bonds. The Bertz CT molecular complexity index is 260. The normalized spacial score (nSPS) is 12.5. The van der Waals surface area contributed by atoms with Gasteiger partial charge < -0.3 is 10.1 Å². The summed E-state index contributed by atoms with van der Waals surface area (Å²) in [6.45, 7) is 4.84. The van der Waals surface area contributed by atoms with Crippen LogP contribution in [-0.4, -0.2) is 13.7 Å². The van der Waals surface area contributed by atoms with Crippen LogP contribution in [-0.2, 0) is 0 Å². The van der Waals surface area contributed by atoms with E-state index in [9.17, 15) is 0 Å². The van der Waals surface area contributed by atoms with Crippen molar-refractivity contribution in [3.05, 3.63) is 29.8 Å². The SMILES string of the molecule is CCOc1ccccc1[C@@H](C)NC. The van der Waals surface area contributed by atoms with E-state index in [1.54, 1.807) is 0 Å². The summed E-state index contributed by atoms with van der Waals surface area (Å²) in [4.78, 5) is 0. The Morgan fingerprint density at radius 1 is 1.38 bits per heavy atom. The van der Waals surface area contributed by atoms with E-state index in [0.717, 1.165) is 5.75 Å². The number of hydrogen-bond donors (Lipinski definition) is 1. The van der Waals surface area contributed by atoms with Crippen molar-refractivity contribution in [2.75, 3.05) is 13.7 Å². The Hall–Kier alpha value is -1.02. The molecule has 1 atom stereocenters. The molecule has 0 aliphatic heterocycles. The van der Waals surface area contributed by atoms with Gasteiger partial charge in [0.1, 0.15) is 5.75 Å². The molecule has 1 aromatic rings. The van der Waals surface area contributed by atoms with Gasteiger partial charge in [0.2, 0.25) is 0 Å². The maximum absolute atomic E-state index is 5.52. The highest BCUT2D eigenvalue weighted by atomic mass is 16.5. The molecule has 0 aliphatic carbocycles. The molecule has 0 unspecified atom stereocenters. The van der Waals surface area contributed by atoms with Gasteiger partial charge in [0, 0.05) is 11.6 Å². The van der Waals surface area contributed by atoms with E-state index < -0.39 is 0 Å². The van der Waals surface area contributed by atoms with Crippen LogP contribution in [0.4, 0.5) is 0 Å². The molecule has 1 rings (SSSR count). The van der Waals surface area contributed by atoms with Gasteiger partial charge in [0.25, 0.3) is 0 Å². The molecule has 0 saturated heterocycles. The largest absolute Gasteiger partial charge is 0.494 e. The number of benzene rings is 1. The monoisotopic (exact) mass is 179 g/mol. The third kappa shape index (κ3) is 2.46. The number of hydrogen-bond acceptors (Lipinski definition) is 2. The highest BCUT2D eigenvalue weighted by molar-refractivity contribution is 5.35. The average molecular weight is 179 g/mol. The Morgan fingerprint density at radius 2 is 2.08 bits per heavy atom. The van der Waals surface area contributed by atoms with Crippen molar-refractivity contribution >= 4 is 0 Å². The summed E-state index contributed by atoms with van der Waals surface area (Å²) in [5.74, 6) is 0.979. The van der Waals surface area contributed by atoms with Gasteiger partial charge in [-0.05, 0) is 27.0 Å². The van der Waals surface area contributed by atoms with E-state index in [0.29, 0.717) is 12.6 Å². The number of para-hydroxylation sites is 1. The fourth-order valence-corrected chi connectivity index (χ4v) is 1.28. The topological polar surface area (TPSA) is 21.3 Å². The Balaban J connectivity index is 2.90. The molecular weight excluding hydrogens is 162 g/mol.